The third kappa shape index (κ3) is 4.29. The number of nitrogens with zero attached hydrogens (tertiary/aromatic N) is 2. The van der Waals surface area contributed by atoms with E-state index in [-0.39, 0.29) is 11.9 Å². The van der Waals surface area contributed by atoms with Crippen LogP contribution in [0, 0.1) is 0 Å². The number of pyridine rings is 1. The molecule has 0 saturated carbocycles. The van der Waals surface area contributed by atoms with Gasteiger partial charge in [-0.2, -0.15) is 0 Å². The van der Waals surface area contributed by atoms with Crippen molar-refractivity contribution < 1.29 is 9.53 Å². The van der Waals surface area contributed by atoms with Crippen LogP contribution in [0.5, 0.6) is 0 Å². The fourth-order valence-electron chi connectivity index (χ4n) is 2.13. The molecule has 1 saturated heterocycles. The molecule has 1 N–H and O–H groups in total. The van der Waals surface area contributed by atoms with Gasteiger partial charge in [-0.05, 0) is 37.6 Å². The van der Waals surface area contributed by atoms with E-state index in [2.05, 4.69) is 10.3 Å². The summed E-state index contributed by atoms with van der Waals surface area (Å²) < 4.78 is 5.25. The topological polar surface area (TPSA) is 54.5 Å². The summed E-state index contributed by atoms with van der Waals surface area (Å²) >= 11 is 0. The Bertz CT molecular complexity index is 391. The second-order valence-electron chi connectivity index (χ2n) is 4.72. The number of nitrogens with one attached hydrogen (secondary N) is 1. The lowest BCUT2D eigenvalue weighted by Gasteiger charge is -2.29. The highest BCUT2D eigenvalue weighted by molar-refractivity contribution is 5.81. The maximum Gasteiger partial charge on any atom is 0.239 e. The number of carbonyl (C=O) groups is 1. The molecule has 2 rings (SSSR count). The third-order valence-electron chi connectivity index (χ3n) is 3.31. The monoisotopic (exact) mass is 263 g/mol. The van der Waals surface area contributed by atoms with Crippen molar-refractivity contribution in [1.29, 1.82) is 0 Å². The summed E-state index contributed by atoms with van der Waals surface area (Å²) in [6.07, 6.45) is 4.48. The van der Waals surface area contributed by atoms with E-state index >= 15 is 0 Å². The van der Waals surface area contributed by atoms with Gasteiger partial charge in [0, 0.05) is 25.5 Å². The van der Waals surface area contributed by atoms with Crippen LogP contribution < -0.4 is 5.32 Å². The molecule has 2 heterocycles. The molecule has 19 heavy (non-hydrogen) atoms. The molecular weight excluding hydrogens is 242 g/mol. The van der Waals surface area contributed by atoms with Gasteiger partial charge in [0.15, 0.2) is 0 Å². The average Bonchev–Trinajstić information content (AvgIpc) is 2.48. The molecule has 1 aliphatic heterocycles. The summed E-state index contributed by atoms with van der Waals surface area (Å²) in [6.45, 7) is 5.42. The van der Waals surface area contributed by atoms with E-state index in [1.54, 1.807) is 12.4 Å². The van der Waals surface area contributed by atoms with Gasteiger partial charge in [0.1, 0.15) is 0 Å². The number of ether oxygens (including phenoxy) is 1. The van der Waals surface area contributed by atoms with Crippen molar-refractivity contribution in [2.24, 2.45) is 0 Å². The molecule has 5 nitrogen and oxygen atoms in total. The van der Waals surface area contributed by atoms with Gasteiger partial charge in [0.25, 0.3) is 0 Å². The summed E-state index contributed by atoms with van der Waals surface area (Å²) in [4.78, 5) is 18.0. The zero-order valence-corrected chi connectivity index (χ0v) is 11.3. The minimum Gasteiger partial charge on any atom is -0.378 e. The Hall–Kier alpha value is -1.46. The number of morpholine rings is 1. The van der Waals surface area contributed by atoms with Gasteiger partial charge in [-0.3, -0.25) is 9.78 Å². The number of carbonyl (C=O) groups excluding carboxylic acids is 1. The molecule has 5 heteroatoms. The Labute approximate surface area is 114 Å². The summed E-state index contributed by atoms with van der Waals surface area (Å²) in [5.74, 6) is 0.165. The van der Waals surface area contributed by atoms with Gasteiger partial charge in [0.2, 0.25) is 5.91 Å². The Kier molecular flexibility index (Phi) is 5.30. The average molecular weight is 263 g/mol. The van der Waals surface area contributed by atoms with Crippen LogP contribution >= 0.6 is 0 Å². The molecule has 1 aromatic heterocycles. The van der Waals surface area contributed by atoms with Crippen LogP contribution in [0.15, 0.2) is 24.5 Å². The van der Waals surface area contributed by atoms with Crippen LogP contribution in [0.25, 0.3) is 0 Å². The fourth-order valence-corrected chi connectivity index (χ4v) is 2.13. The zero-order valence-electron chi connectivity index (χ0n) is 11.3. The molecule has 0 bridgehead atoms. The number of aromatic nitrogens is 1. The van der Waals surface area contributed by atoms with E-state index in [0.717, 1.165) is 13.0 Å². The Morgan fingerprint density at radius 3 is 2.79 bits per heavy atom. The van der Waals surface area contributed by atoms with Crippen LogP contribution in [0.1, 0.15) is 12.5 Å². The largest absolute Gasteiger partial charge is 0.378 e. The lowest BCUT2D eigenvalue weighted by atomic mass is 10.2. The molecule has 1 aliphatic rings. The Balaban J connectivity index is 1.71. The molecular formula is C14H21N3O2. The standard InChI is InChI=1S/C14H21N3O2/c1-12(14(18)17-8-10-19-11-9-17)16-7-4-13-2-5-15-6-3-13/h2-3,5-6,12,16H,4,7-11H2,1H3. The maximum atomic E-state index is 12.1. The van der Waals surface area contributed by atoms with E-state index in [1.807, 2.05) is 24.0 Å². The first kappa shape index (κ1) is 14.0. The van der Waals surface area contributed by atoms with E-state index < -0.39 is 0 Å². The second-order valence-corrected chi connectivity index (χ2v) is 4.72. The van der Waals surface area contributed by atoms with Crippen molar-refractivity contribution >= 4 is 5.91 Å². The maximum absolute atomic E-state index is 12.1. The molecule has 1 unspecified atom stereocenters. The SMILES string of the molecule is CC(NCCc1ccncc1)C(=O)N1CCOCC1. The molecule has 104 valence electrons. The smallest absolute Gasteiger partial charge is 0.239 e. The fraction of sp³-hybridized carbons (Fsp3) is 0.571. The Morgan fingerprint density at radius 2 is 2.11 bits per heavy atom. The number of hydrogen-bond donors (Lipinski definition) is 1. The van der Waals surface area contributed by atoms with Crippen LogP contribution in [0.2, 0.25) is 0 Å². The second kappa shape index (κ2) is 7.21. The van der Waals surface area contributed by atoms with E-state index in [9.17, 15) is 4.79 Å². The Morgan fingerprint density at radius 1 is 1.42 bits per heavy atom. The first-order valence-electron chi connectivity index (χ1n) is 6.76. The summed E-state index contributed by atoms with van der Waals surface area (Å²) in [5, 5.41) is 3.28. The molecule has 1 atom stereocenters. The minimum atomic E-state index is -0.139. The highest BCUT2D eigenvalue weighted by Crippen LogP contribution is 2.01. The van der Waals surface area contributed by atoms with Gasteiger partial charge < -0.3 is 15.0 Å². The summed E-state index contributed by atoms with van der Waals surface area (Å²) in [7, 11) is 0. The lowest BCUT2D eigenvalue weighted by Crippen LogP contribution is -2.49. The van der Waals surface area contributed by atoms with Crippen molar-refractivity contribution in [1.82, 2.24) is 15.2 Å². The first-order valence-corrected chi connectivity index (χ1v) is 6.76. The minimum absolute atomic E-state index is 0.139. The summed E-state index contributed by atoms with van der Waals surface area (Å²) in [5.41, 5.74) is 1.23. The van der Waals surface area contributed by atoms with Crippen molar-refractivity contribution in [2.45, 2.75) is 19.4 Å². The van der Waals surface area contributed by atoms with E-state index in [0.29, 0.717) is 26.3 Å². The predicted molar refractivity (Wildman–Crippen MR) is 72.8 cm³/mol. The molecule has 0 radical (unpaired) electrons. The summed E-state index contributed by atoms with van der Waals surface area (Å²) in [6, 6.07) is 3.85. The van der Waals surface area contributed by atoms with Crippen LogP contribution in [0.4, 0.5) is 0 Å². The normalized spacial score (nSPS) is 17.2. The van der Waals surface area contributed by atoms with E-state index in [4.69, 9.17) is 4.74 Å². The van der Waals surface area contributed by atoms with Gasteiger partial charge >= 0.3 is 0 Å². The van der Waals surface area contributed by atoms with Gasteiger partial charge in [0.05, 0.1) is 19.3 Å². The molecule has 0 aliphatic carbocycles. The van der Waals surface area contributed by atoms with Crippen LogP contribution in [-0.2, 0) is 16.0 Å². The quantitative estimate of drug-likeness (QED) is 0.838. The molecule has 0 aromatic carbocycles. The molecule has 1 fully saturated rings. The first-order chi connectivity index (χ1) is 9.27. The van der Waals surface area contributed by atoms with Crippen molar-refractivity contribution in [2.75, 3.05) is 32.8 Å². The van der Waals surface area contributed by atoms with Crippen LogP contribution in [0.3, 0.4) is 0 Å². The van der Waals surface area contributed by atoms with E-state index in [1.165, 1.54) is 5.56 Å². The van der Waals surface area contributed by atoms with Gasteiger partial charge in [-0.15, -0.1) is 0 Å². The molecule has 1 amide bonds. The van der Waals surface area contributed by atoms with Crippen molar-refractivity contribution in [3.63, 3.8) is 0 Å². The predicted octanol–water partition coefficient (Wildman–Crippen LogP) is 0.461. The van der Waals surface area contributed by atoms with Crippen molar-refractivity contribution in [3.8, 4) is 0 Å². The highest BCUT2D eigenvalue weighted by Gasteiger charge is 2.21. The molecule has 0 spiro atoms. The van der Waals surface area contributed by atoms with Gasteiger partial charge in [-0.1, -0.05) is 0 Å². The van der Waals surface area contributed by atoms with Crippen LogP contribution in [-0.4, -0.2) is 54.7 Å². The third-order valence-corrected chi connectivity index (χ3v) is 3.31. The zero-order chi connectivity index (χ0) is 13.5. The van der Waals surface area contributed by atoms with Gasteiger partial charge in [-0.25, -0.2) is 0 Å². The number of rotatable bonds is 5. The van der Waals surface area contributed by atoms with Crippen molar-refractivity contribution in [3.05, 3.63) is 30.1 Å². The number of amides is 1. The lowest BCUT2D eigenvalue weighted by molar-refractivity contribution is -0.137. The highest BCUT2D eigenvalue weighted by atomic mass is 16.5. The number of hydrogen-bond acceptors (Lipinski definition) is 4. The molecule has 1 aromatic rings.